The van der Waals surface area contributed by atoms with E-state index in [0.717, 1.165) is 46.0 Å². The van der Waals surface area contributed by atoms with Gasteiger partial charge in [0, 0.05) is 27.9 Å². The van der Waals surface area contributed by atoms with Gasteiger partial charge >= 0.3 is 0 Å². The van der Waals surface area contributed by atoms with Crippen LogP contribution in [0.25, 0.3) is 61.2 Å². The van der Waals surface area contributed by atoms with Crippen LogP contribution in [0.3, 0.4) is 0 Å². The molecular formula is C55H46N2O. The van der Waals surface area contributed by atoms with Crippen LogP contribution in [-0.4, -0.2) is 9.97 Å². The van der Waals surface area contributed by atoms with E-state index in [0.29, 0.717) is 23.4 Å². The summed E-state index contributed by atoms with van der Waals surface area (Å²) < 4.78 is 6.34. The Morgan fingerprint density at radius 2 is 1.43 bits per heavy atom. The molecule has 1 saturated carbocycles. The predicted octanol–water partition coefficient (Wildman–Crippen LogP) is 14.2. The van der Waals surface area contributed by atoms with Crippen molar-refractivity contribution >= 4 is 38.8 Å². The van der Waals surface area contributed by atoms with E-state index in [1.54, 1.807) is 11.1 Å². The van der Waals surface area contributed by atoms with Crippen molar-refractivity contribution in [3.05, 3.63) is 185 Å². The maximum atomic E-state index is 6.34. The van der Waals surface area contributed by atoms with Gasteiger partial charge in [0.2, 0.25) is 5.71 Å². The Morgan fingerprint density at radius 3 is 2.29 bits per heavy atom. The number of hydrogen-bond acceptors (Lipinski definition) is 3. The topological polar surface area (TPSA) is 38.9 Å². The van der Waals surface area contributed by atoms with E-state index in [1.165, 1.54) is 76.6 Å². The van der Waals surface area contributed by atoms with Crippen molar-refractivity contribution < 1.29 is 4.42 Å². The van der Waals surface area contributed by atoms with E-state index in [1.807, 2.05) is 24.3 Å². The van der Waals surface area contributed by atoms with Crippen LogP contribution < -0.4 is 0 Å². The first kappa shape index (κ1) is 34.0. The Labute approximate surface area is 340 Å². The monoisotopic (exact) mass is 750 g/mol. The van der Waals surface area contributed by atoms with E-state index >= 15 is 0 Å². The SMILES string of the molecule is CC1(C)c2ccccc2C2C=C3C(=CC21)c1cc(-c2ccc(C4=CC(c5nc(-c6ccccc6)c6c(n5)oc5ccccc56)=CCC4)cc2)ccc1C31CCCCC1. The molecule has 0 radical (unpaired) electrons. The summed E-state index contributed by atoms with van der Waals surface area (Å²) in [4.78, 5) is 10.3. The maximum absolute atomic E-state index is 6.34. The van der Waals surface area contributed by atoms with E-state index in [4.69, 9.17) is 14.4 Å². The number of fused-ring (bicyclic) bond motifs is 11. The summed E-state index contributed by atoms with van der Waals surface area (Å²) in [5, 5.41) is 2.00. The van der Waals surface area contributed by atoms with Crippen molar-refractivity contribution in [2.75, 3.05) is 0 Å². The average Bonchev–Trinajstić information content (AvgIpc) is 3.86. The molecular weight excluding hydrogens is 705 g/mol. The van der Waals surface area contributed by atoms with Crippen LogP contribution in [-0.2, 0) is 10.8 Å². The third-order valence-electron chi connectivity index (χ3n) is 14.5. The van der Waals surface area contributed by atoms with E-state index in [9.17, 15) is 0 Å². The number of furan rings is 1. The molecule has 1 fully saturated rings. The summed E-state index contributed by atoms with van der Waals surface area (Å²) in [6, 6.07) is 44.5. The van der Waals surface area contributed by atoms with Crippen LogP contribution in [0.15, 0.2) is 156 Å². The molecule has 0 saturated heterocycles. The summed E-state index contributed by atoms with van der Waals surface area (Å²) in [7, 11) is 0. The van der Waals surface area contributed by atoms with Gasteiger partial charge in [0.25, 0.3) is 0 Å². The van der Waals surface area contributed by atoms with Gasteiger partial charge in [-0.3, -0.25) is 0 Å². The van der Waals surface area contributed by atoms with Gasteiger partial charge in [-0.05, 0) is 111 Å². The minimum absolute atomic E-state index is 0.103. The number of nitrogens with zero attached hydrogens (tertiary/aromatic N) is 2. The first-order chi connectivity index (χ1) is 28.5. The molecule has 1 spiro atoms. The van der Waals surface area contributed by atoms with E-state index < -0.39 is 0 Å². The van der Waals surface area contributed by atoms with Crippen LogP contribution in [0.4, 0.5) is 0 Å². The Kier molecular flexibility index (Phi) is 7.46. The number of hydrogen-bond donors (Lipinski definition) is 0. The number of rotatable bonds is 4. The third kappa shape index (κ3) is 4.98. The normalized spacial score (nSPS) is 21.1. The first-order valence-corrected chi connectivity index (χ1v) is 21.4. The average molecular weight is 751 g/mol. The molecule has 5 aromatic carbocycles. The van der Waals surface area contributed by atoms with Gasteiger partial charge < -0.3 is 4.42 Å². The number of aromatic nitrogens is 2. The second kappa shape index (κ2) is 12.7. The highest BCUT2D eigenvalue weighted by Crippen LogP contribution is 2.63. The summed E-state index contributed by atoms with van der Waals surface area (Å²) in [5.74, 6) is 1.63. The van der Waals surface area contributed by atoms with Crippen LogP contribution in [0.2, 0.25) is 0 Å². The highest BCUT2D eigenvalue weighted by Gasteiger charge is 2.52. The number of allylic oxidation sites excluding steroid dienone is 8. The quantitative estimate of drug-likeness (QED) is 0.180. The van der Waals surface area contributed by atoms with Crippen molar-refractivity contribution in [2.45, 2.75) is 75.5 Å². The van der Waals surface area contributed by atoms with Crippen LogP contribution in [0, 0.1) is 5.92 Å². The van der Waals surface area contributed by atoms with E-state index in [2.05, 4.69) is 135 Å². The second-order valence-corrected chi connectivity index (χ2v) is 17.9. The van der Waals surface area contributed by atoms with E-state index in [-0.39, 0.29) is 10.8 Å². The summed E-state index contributed by atoms with van der Waals surface area (Å²) in [5.41, 5.74) is 19.1. The largest absolute Gasteiger partial charge is 0.438 e. The summed E-state index contributed by atoms with van der Waals surface area (Å²) in [6.07, 6.45) is 18.4. The molecule has 0 N–H and O–H groups in total. The summed E-state index contributed by atoms with van der Waals surface area (Å²) in [6.45, 7) is 4.93. The molecule has 3 heteroatoms. The lowest BCUT2D eigenvalue weighted by Gasteiger charge is -2.39. The van der Waals surface area contributed by atoms with Gasteiger partial charge in [0.1, 0.15) is 5.58 Å². The molecule has 3 nitrogen and oxygen atoms in total. The minimum atomic E-state index is 0.103. The smallest absolute Gasteiger partial charge is 0.231 e. The van der Waals surface area contributed by atoms with Gasteiger partial charge in [-0.1, -0.05) is 161 Å². The van der Waals surface area contributed by atoms with Gasteiger partial charge in [-0.15, -0.1) is 0 Å². The van der Waals surface area contributed by atoms with Crippen molar-refractivity contribution in [1.29, 1.82) is 0 Å². The number of para-hydroxylation sites is 1. The van der Waals surface area contributed by atoms with Crippen molar-refractivity contribution in [1.82, 2.24) is 9.97 Å². The summed E-state index contributed by atoms with van der Waals surface area (Å²) >= 11 is 0. The van der Waals surface area contributed by atoms with Crippen LogP contribution in [0.1, 0.15) is 98.4 Å². The van der Waals surface area contributed by atoms with Crippen molar-refractivity contribution in [3.63, 3.8) is 0 Å². The molecule has 0 bridgehead atoms. The molecule has 0 aliphatic heterocycles. The first-order valence-electron chi connectivity index (χ1n) is 21.4. The maximum Gasteiger partial charge on any atom is 0.231 e. The van der Waals surface area contributed by atoms with Gasteiger partial charge in [0.15, 0.2) is 5.82 Å². The highest BCUT2D eigenvalue weighted by atomic mass is 16.3. The molecule has 5 aliphatic carbocycles. The Hall–Kier alpha value is -6.06. The fourth-order valence-electron chi connectivity index (χ4n) is 11.6. The van der Waals surface area contributed by atoms with Crippen molar-refractivity contribution in [3.8, 4) is 22.4 Å². The molecule has 282 valence electrons. The van der Waals surface area contributed by atoms with Crippen LogP contribution in [0.5, 0.6) is 0 Å². The molecule has 58 heavy (non-hydrogen) atoms. The predicted molar refractivity (Wildman–Crippen MR) is 238 cm³/mol. The Morgan fingerprint density at radius 1 is 0.672 bits per heavy atom. The van der Waals surface area contributed by atoms with Crippen LogP contribution >= 0.6 is 0 Å². The third-order valence-corrected chi connectivity index (χ3v) is 14.5. The van der Waals surface area contributed by atoms with Gasteiger partial charge in [0.05, 0.1) is 11.1 Å². The lowest BCUT2D eigenvalue weighted by molar-refractivity contribution is 0.345. The number of benzene rings is 5. The van der Waals surface area contributed by atoms with Crippen molar-refractivity contribution in [2.24, 2.45) is 5.92 Å². The highest BCUT2D eigenvalue weighted by molar-refractivity contribution is 6.10. The molecule has 7 aromatic rings. The minimum Gasteiger partial charge on any atom is -0.438 e. The zero-order valence-corrected chi connectivity index (χ0v) is 33.3. The van der Waals surface area contributed by atoms with Gasteiger partial charge in [-0.25, -0.2) is 4.98 Å². The standard InChI is InChI=1S/C55H46N2O/c1-54(2)45-20-9-7-18-40(45)43-33-48-44(32-47(43)54)42-31-38(26-27-46(42)55(48)28-11-4-12-29-55)35-24-22-34(23-25-35)37-16-13-17-39(30-37)52-56-51(36-14-5-3-6-15-36)50-41-19-8-10-21-49(41)58-53(50)57-52/h3,5-10,14-15,17-27,30-33,43,47H,4,11-13,16,28-29H2,1-2H3. The molecule has 0 amide bonds. The molecule has 12 rings (SSSR count). The lowest BCUT2D eigenvalue weighted by atomic mass is 9.64. The zero-order valence-electron chi connectivity index (χ0n) is 33.3. The molecule has 2 heterocycles. The fraction of sp³-hybridized carbons (Fsp3) is 0.236. The molecule has 5 aliphatic rings. The Bertz CT molecular complexity index is 2950. The Balaban J connectivity index is 0.891. The fourth-order valence-corrected chi connectivity index (χ4v) is 11.6. The molecule has 2 unspecified atom stereocenters. The lowest BCUT2D eigenvalue weighted by Crippen LogP contribution is -2.31. The van der Waals surface area contributed by atoms with Gasteiger partial charge in [-0.2, -0.15) is 4.98 Å². The molecule has 2 aromatic heterocycles. The zero-order chi connectivity index (χ0) is 38.6. The second-order valence-electron chi connectivity index (χ2n) is 17.9. The molecule has 2 atom stereocenters.